The first kappa shape index (κ1) is 16.6. The molecule has 3 rings (SSSR count). The monoisotopic (exact) mass is 343 g/mol. The number of carbonyl (C=O) groups excluding carboxylic acids is 1. The van der Waals surface area contributed by atoms with Crippen LogP contribution in [0.1, 0.15) is 23.2 Å². The number of piperidine rings is 1. The average Bonchev–Trinajstić information content (AvgIpc) is 2.80. The van der Waals surface area contributed by atoms with E-state index < -0.39 is 30.5 Å². The van der Waals surface area contributed by atoms with Gasteiger partial charge in [-0.15, -0.1) is 0 Å². The van der Waals surface area contributed by atoms with Gasteiger partial charge in [0.25, 0.3) is 5.91 Å². The summed E-state index contributed by atoms with van der Waals surface area (Å²) in [5.74, 6) is -0.425. The van der Waals surface area contributed by atoms with Crippen LogP contribution >= 0.6 is 0 Å². The lowest BCUT2D eigenvalue weighted by Gasteiger charge is -2.39. The number of aromatic amines is 1. The van der Waals surface area contributed by atoms with Gasteiger partial charge in [-0.2, -0.15) is 13.2 Å². The Hall–Kier alpha value is -2.29. The third-order valence-electron chi connectivity index (χ3n) is 4.56. The van der Waals surface area contributed by atoms with E-state index in [9.17, 15) is 27.9 Å². The lowest BCUT2D eigenvalue weighted by Crippen LogP contribution is -2.54. The van der Waals surface area contributed by atoms with Gasteiger partial charge in [-0.3, -0.25) is 9.36 Å². The number of likely N-dealkylation sites (tertiary alicyclic amines) is 1. The van der Waals surface area contributed by atoms with Crippen molar-refractivity contribution >= 4 is 16.9 Å². The molecule has 130 valence electrons. The third kappa shape index (κ3) is 2.58. The van der Waals surface area contributed by atoms with Crippen molar-refractivity contribution in [1.82, 2.24) is 14.5 Å². The van der Waals surface area contributed by atoms with Crippen molar-refractivity contribution in [2.24, 2.45) is 7.05 Å². The van der Waals surface area contributed by atoms with E-state index in [0.717, 1.165) is 0 Å². The summed E-state index contributed by atoms with van der Waals surface area (Å²) >= 11 is 0. The summed E-state index contributed by atoms with van der Waals surface area (Å²) in [6, 6.07) is 4.64. The maximum atomic E-state index is 12.8. The summed E-state index contributed by atoms with van der Waals surface area (Å²) in [4.78, 5) is 27.9. The highest BCUT2D eigenvalue weighted by molar-refractivity contribution is 5.97. The number of imidazole rings is 1. The maximum Gasteiger partial charge on any atom is 0.417 e. The van der Waals surface area contributed by atoms with Crippen LogP contribution in [0.3, 0.4) is 0 Å². The normalized spacial score (nSPS) is 18.1. The molecule has 0 radical (unpaired) electrons. The molecule has 1 aromatic carbocycles. The Morgan fingerprint density at radius 3 is 2.50 bits per heavy atom. The van der Waals surface area contributed by atoms with Gasteiger partial charge in [0.05, 0.1) is 11.0 Å². The number of rotatable bonds is 1. The van der Waals surface area contributed by atoms with Crippen LogP contribution in [0.4, 0.5) is 13.2 Å². The predicted octanol–water partition coefficient (Wildman–Crippen LogP) is 1.40. The minimum absolute atomic E-state index is 0.182. The maximum absolute atomic E-state index is 12.8. The van der Waals surface area contributed by atoms with Crippen molar-refractivity contribution < 1.29 is 23.1 Å². The van der Waals surface area contributed by atoms with Gasteiger partial charge in [0.1, 0.15) is 0 Å². The van der Waals surface area contributed by atoms with Crippen LogP contribution in [-0.2, 0) is 7.05 Å². The van der Waals surface area contributed by atoms with Gasteiger partial charge in [0.2, 0.25) is 0 Å². The first-order chi connectivity index (χ1) is 11.1. The van der Waals surface area contributed by atoms with Crippen molar-refractivity contribution in [2.75, 3.05) is 13.1 Å². The second kappa shape index (κ2) is 5.37. The fraction of sp³-hybridized carbons (Fsp3) is 0.467. The number of benzene rings is 1. The van der Waals surface area contributed by atoms with Gasteiger partial charge in [0.15, 0.2) is 5.60 Å². The van der Waals surface area contributed by atoms with Crippen LogP contribution in [0.5, 0.6) is 0 Å². The zero-order valence-corrected chi connectivity index (χ0v) is 12.9. The molecule has 9 heteroatoms. The molecule has 24 heavy (non-hydrogen) atoms. The lowest BCUT2D eigenvalue weighted by molar-refractivity contribution is -0.271. The molecule has 0 aliphatic carbocycles. The molecule has 2 N–H and O–H groups in total. The number of hydrogen-bond donors (Lipinski definition) is 2. The number of nitrogens with one attached hydrogen (secondary N) is 1. The van der Waals surface area contributed by atoms with Crippen LogP contribution in [0.2, 0.25) is 0 Å². The van der Waals surface area contributed by atoms with E-state index in [4.69, 9.17) is 0 Å². The van der Waals surface area contributed by atoms with Crippen LogP contribution in [0, 0.1) is 0 Å². The minimum Gasteiger partial charge on any atom is -0.380 e. The van der Waals surface area contributed by atoms with Gasteiger partial charge in [-0.1, -0.05) is 0 Å². The Balaban J connectivity index is 1.80. The summed E-state index contributed by atoms with van der Waals surface area (Å²) in [5, 5.41) is 9.65. The molecule has 1 saturated heterocycles. The van der Waals surface area contributed by atoms with E-state index >= 15 is 0 Å². The van der Waals surface area contributed by atoms with E-state index in [0.29, 0.717) is 11.0 Å². The number of alkyl halides is 3. The van der Waals surface area contributed by atoms with Crippen LogP contribution in [-0.4, -0.2) is 50.3 Å². The van der Waals surface area contributed by atoms with Crippen molar-refractivity contribution in [3.05, 3.63) is 34.2 Å². The number of aromatic nitrogens is 2. The average molecular weight is 343 g/mol. The standard InChI is InChI=1S/C15H16F3N3O3/c1-20-11-3-2-9(8-10(11)19-13(20)23)12(22)21-6-4-14(24,5-7-21)15(16,17)18/h2-3,8,24H,4-7H2,1H3,(H,19,23). The van der Waals surface area contributed by atoms with E-state index in [1.807, 2.05) is 0 Å². The largest absolute Gasteiger partial charge is 0.417 e. The second-order valence-electron chi connectivity index (χ2n) is 6.04. The summed E-state index contributed by atoms with van der Waals surface area (Å²) in [7, 11) is 1.59. The summed E-state index contributed by atoms with van der Waals surface area (Å²) in [5.41, 5.74) is -1.67. The predicted molar refractivity (Wildman–Crippen MR) is 79.7 cm³/mol. The smallest absolute Gasteiger partial charge is 0.380 e. The molecule has 1 aliphatic rings. The number of aliphatic hydroxyl groups is 1. The third-order valence-corrected chi connectivity index (χ3v) is 4.56. The highest BCUT2D eigenvalue weighted by Gasteiger charge is 2.54. The SMILES string of the molecule is Cn1c(=O)[nH]c2cc(C(=O)N3CCC(O)(C(F)(F)F)CC3)ccc21. The van der Waals surface area contributed by atoms with Crippen molar-refractivity contribution in [3.63, 3.8) is 0 Å². The van der Waals surface area contributed by atoms with E-state index in [1.54, 1.807) is 13.1 Å². The molecule has 0 unspecified atom stereocenters. The molecule has 1 fully saturated rings. The zero-order chi connectivity index (χ0) is 17.7. The molecule has 2 heterocycles. The Kier molecular flexibility index (Phi) is 3.71. The highest BCUT2D eigenvalue weighted by Crippen LogP contribution is 2.38. The van der Waals surface area contributed by atoms with E-state index in [-0.39, 0.29) is 24.3 Å². The summed E-state index contributed by atoms with van der Waals surface area (Å²) in [6.45, 7) is -0.365. The van der Waals surface area contributed by atoms with Gasteiger partial charge in [-0.25, -0.2) is 4.79 Å². The van der Waals surface area contributed by atoms with Crippen molar-refractivity contribution in [1.29, 1.82) is 0 Å². The molecule has 2 aromatic rings. The molecule has 1 aliphatic heterocycles. The first-order valence-corrected chi connectivity index (χ1v) is 7.39. The molecular formula is C15H16F3N3O3. The number of nitrogens with zero attached hydrogens (tertiary/aromatic N) is 2. The molecule has 1 aromatic heterocycles. The van der Waals surface area contributed by atoms with Crippen LogP contribution in [0.25, 0.3) is 11.0 Å². The minimum atomic E-state index is -4.70. The number of H-pyrrole nitrogens is 1. The van der Waals surface area contributed by atoms with Crippen molar-refractivity contribution in [2.45, 2.75) is 24.6 Å². The highest BCUT2D eigenvalue weighted by atomic mass is 19.4. The number of fused-ring (bicyclic) bond motifs is 1. The summed E-state index contributed by atoms with van der Waals surface area (Å²) in [6.07, 6.45) is -5.80. The molecule has 1 amide bonds. The van der Waals surface area contributed by atoms with E-state index in [1.165, 1.54) is 21.6 Å². The van der Waals surface area contributed by atoms with Gasteiger partial charge in [-0.05, 0) is 18.2 Å². The number of aryl methyl sites for hydroxylation is 1. The number of halogens is 3. The molecule has 0 spiro atoms. The molecule has 0 atom stereocenters. The summed E-state index contributed by atoms with van der Waals surface area (Å²) < 4.78 is 39.8. The van der Waals surface area contributed by atoms with Crippen molar-refractivity contribution in [3.8, 4) is 0 Å². The second-order valence-corrected chi connectivity index (χ2v) is 6.04. The molecule has 0 bridgehead atoms. The first-order valence-electron chi connectivity index (χ1n) is 7.39. The van der Waals surface area contributed by atoms with Crippen LogP contribution < -0.4 is 5.69 Å². The van der Waals surface area contributed by atoms with Gasteiger partial charge < -0.3 is 15.0 Å². The molecular weight excluding hydrogens is 327 g/mol. The van der Waals surface area contributed by atoms with E-state index in [2.05, 4.69) is 4.98 Å². The van der Waals surface area contributed by atoms with Crippen LogP contribution in [0.15, 0.2) is 23.0 Å². The number of amides is 1. The Bertz CT molecular complexity index is 845. The van der Waals surface area contributed by atoms with Gasteiger partial charge >= 0.3 is 11.9 Å². The fourth-order valence-electron chi connectivity index (χ4n) is 2.92. The fourth-order valence-corrected chi connectivity index (χ4v) is 2.92. The number of carbonyl (C=O) groups is 1. The zero-order valence-electron chi connectivity index (χ0n) is 12.9. The Morgan fingerprint density at radius 1 is 1.29 bits per heavy atom. The molecule has 0 saturated carbocycles. The quantitative estimate of drug-likeness (QED) is 0.821. The Labute approximate surface area is 134 Å². The topological polar surface area (TPSA) is 78.3 Å². The van der Waals surface area contributed by atoms with Gasteiger partial charge in [0, 0.05) is 38.5 Å². The lowest BCUT2D eigenvalue weighted by atomic mass is 9.90. The Morgan fingerprint density at radius 2 is 1.92 bits per heavy atom. The molecule has 6 nitrogen and oxygen atoms in total. The number of hydrogen-bond acceptors (Lipinski definition) is 3.